The van der Waals surface area contributed by atoms with E-state index in [1.807, 2.05) is 24.3 Å². The fraction of sp³-hybridized carbons (Fsp3) is 0.280. The molecule has 6 rings (SSSR count). The molecule has 2 aliphatic carbocycles. The molecule has 7 heteroatoms. The number of carbonyl (C=O) groups excluding carboxylic acids is 2. The average Bonchev–Trinajstić information content (AvgIpc) is 3.48. The molecule has 2 bridgehead atoms. The molecule has 6 nitrogen and oxygen atoms in total. The first kappa shape index (κ1) is 19.5. The number of nitrogens with zero attached hydrogens (tertiary/aromatic N) is 1. The molecule has 3 aliphatic rings. The Hall–Kier alpha value is -3.19. The second-order valence-electron chi connectivity index (χ2n) is 8.94. The standard InChI is InChI=1S/C25H21NO5S/c27-24-22-17-5-6-18(13-17)23(22)25(28)26(24)19-8-10-20(11-9-19)31-32(29,30)21-12-7-15-3-1-2-4-16(15)14-21/h1-4,7-12,14,17-18,22-23H,5-6,13H2/t17-,18-,22-,23-/m0/s1. The maximum absolute atomic E-state index is 13.0. The van der Waals surface area contributed by atoms with Crippen LogP contribution in [-0.4, -0.2) is 20.2 Å². The van der Waals surface area contributed by atoms with Crippen LogP contribution in [0.2, 0.25) is 0 Å². The molecule has 1 aliphatic heterocycles. The predicted molar refractivity (Wildman–Crippen MR) is 119 cm³/mol. The van der Waals surface area contributed by atoms with E-state index in [0.29, 0.717) is 17.5 Å². The smallest absolute Gasteiger partial charge is 0.339 e. The van der Waals surface area contributed by atoms with Gasteiger partial charge in [0, 0.05) is 0 Å². The van der Waals surface area contributed by atoms with Gasteiger partial charge in [-0.15, -0.1) is 0 Å². The number of fused-ring (bicyclic) bond motifs is 6. The first-order chi connectivity index (χ1) is 15.4. The van der Waals surface area contributed by atoms with E-state index in [4.69, 9.17) is 4.18 Å². The van der Waals surface area contributed by atoms with Crippen LogP contribution in [0.1, 0.15) is 19.3 Å². The first-order valence-corrected chi connectivity index (χ1v) is 12.2. The largest absolute Gasteiger partial charge is 0.379 e. The van der Waals surface area contributed by atoms with Crippen LogP contribution in [0.5, 0.6) is 5.75 Å². The van der Waals surface area contributed by atoms with Gasteiger partial charge in [0.25, 0.3) is 0 Å². The molecular formula is C25H21NO5S. The Morgan fingerprint density at radius 2 is 1.41 bits per heavy atom. The molecule has 2 saturated carbocycles. The van der Waals surface area contributed by atoms with E-state index in [0.717, 1.165) is 30.0 Å². The molecule has 32 heavy (non-hydrogen) atoms. The van der Waals surface area contributed by atoms with Crippen LogP contribution in [0, 0.1) is 23.7 Å². The van der Waals surface area contributed by atoms with Crippen molar-refractivity contribution >= 4 is 38.4 Å². The van der Waals surface area contributed by atoms with Gasteiger partial charge in [0.1, 0.15) is 10.6 Å². The topological polar surface area (TPSA) is 80.8 Å². The Morgan fingerprint density at radius 1 is 0.781 bits per heavy atom. The summed E-state index contributed by atoms with van der Waals surface area (Å²) in [5.74, 6) is 0.147. The minimum atomic E-state index is -4.02. The Kier molecular flexibility index (Phi) is 4.21. The number of imide groups is 1. The summed E-state index contributed by atoms with van der Waals surface area (Å²) in [6.45, 7) is 0. The molecule has 2 amide bonds. The molecule has 0 radical (unpaired) electrons. The van der Waals surface area contributed by atoms with Crippen LogP contribution in [0.4, 0.5) is 5.69 Å². The van der Waals surface area contributed by atoms with Gasteiger partial charge in [0.2, 0.25) is 11.8 Å². The molecule has 3 aromatic rings. The molecule has 1 heterocycles. The van der Waals surface area contributed by atoms with Gasteiger partial charge in [-0.2, -0.15) is 8.42 Å². The summed E-state index contributed by atoms with van der Waals surface area (Å²) in [5.41, 5.74) is 0.462. The van der Waals surface area contributed by atoms with E-state index >= 15 is 0 Å². The maximum atomic E-state index is 13.0. The number of amides is 2. The van der Waals surface area contributed by atoms with Crippen molar-refractivity contribution in [2.75, 3.05) is 4.90 Å². The summed E-state index contributed by atoms with van der Waals surface area (Å²) >= 11 is 0. The second kappa shape index (κ2) is 6.90. The highest BCUT2D eigenvalue weighted by Gasteiger charge is 2.61. The molecule has 0 spiro atoms. The normalized spacial score (nSPS) is 26.7. The summed E-state index contributed by atoms with van der Waals surface area (Å²) in [6.07, 6.45) is 3.04. The Balaban J connectivity index is 1.24. The zero-order chi connectivity index (χ0) is 22.0. The quantitative estimate of drug-likeness (QED) is 0.444. The van der Waals surface area contributed by atoms with E-state index < -0.39 is 10.1 Å². The van der Waals surface area contributed by atoms with Crippen molar-refractivity contribution in [3.8, 4) is 5.75 Å². The minimum Gasteiger partial charge on any atom is -0.379 e. The number of rotatable bonds is 4. The van der Waals surface area contributed by atoms with Crippen molar-refractivity contribution in [1.29, 1.82) is 0 Å². The average molecular weight is 448 g/mol. The number of carbonyl (C=O) groups is 2. The lowest BCUT2D eigenvalue weighted by atomic mass is 9.81. The molecule has 3 fully saturated rings. The lowest BCUT2D eigenvalue weighted by molar-refractivity contribution is -0.123. The zero-order valence-electron chi connectivity index (χ0n) is 17.2. The number of benzene rings is 3. The minimum absolute atomic E-state index is 0.0634. The van der Waals surface area contributed by atoms with Gasteiger partial charge in [-0.3, -0.25) is 14.5 Å². The number of hydrogen-bond donors (Lipinski definition) is 0. The van der Waals surface area contributed by atoms with E-state index in [1.54, 1.807) is 24.3 Å². The lowest BCUT2D eigenvalue weighted by Gasteiger charge is -2.19. The molecule has 162 valence electrons. The van der Waals surface area contributed by atoms with Crippen molar-refractivity contribution in [3.63, 3.8) is 0 Å². The van der Waals surface area contributed by atoms with Gasteiger partial charge in [-0.05, 0) is 78.3 Å². The van der Waals surface area contributed by atoms with E-state index in [9.17, 15) is 18.0 Å². The number of hydrogen-bond acceptors (Lipinski definition) is 5. The first-order valence-electron chi connectivity index (χ1n) is 10.8. The molecule has 0 N–H and O–H groups in total. The maximum Gasteiger partial charge on any atom is 0.339 e. The van der Waals surface area contributed by atoms with Crippen LogP contribution in [-0.2, 0) is 19.7 Å². The molecule has 0 aromatic heterocycles. The lowest BCUT2D eigenvalue weighted by Crippen LogP contribution is -2.32. The van der Waals surface area contributed by atoms with Crippen LogP contribution in [0.15, 0.2) is 71.6 Å². The van der Waals surface area contributed by atoms with Crippen molar-refractivity contribution in [2.24, 2.45) is 23.7 Å². The van der Waals surface area contributed by atoms with Gasteiger partial charge in [0.05, 0.1) is 17.5 Å². The highest BCUT2D eigenvalue weighted by Crippen LogP contribution is 2.56. The summed E-state index contributed by atoms with van der Waals surface area (Å²) in [6, 6.07) is 18.4. The van der Waals surface area contributed by atoms with Crippen molar-refractivity contribution < 1.29 is 22.2 Å². The van der Waals surface area contributed by atoms with Crippen LogP contribution >= 0.6 is 0 Å². The summed E-state index contributed by atoms with van der Waals surface area (Å²) in [7, 11) is -4.02. The second-order valence-corrected chi connectivity index (χ2v) is 10.5. The zero-order valence-corrected chi connectivity index (χ0v) is 18.0. The molecule has 1 saturated heterocycles. The van der Waals surface area contributed by atoms with Crippen molar-refractivity contribution in [3.05, 3.63) is 66.7 Å². The number of anilines is 1. The fourth-order valence-corrected chi connectivity index (χ4v) is 6.78. The molecule has 3 aromatic carbocycles. The fourth-order valence-electron chi connectivity index (χ4n) is 5.81. The molecule has 0 unspecified atom stereocenters. The monoisotopic (exact) mass is 447 g/mol. The Labute approximate surface area is 185 Å². The van der Waals surface area contributed by atoms with Crippen LogP contribution in [0.3, 0.4) is 0 Å². The SMILES string of the molecule is O=C1[C@H]2[C@H]3CC[C@@H](C3)[C@@H]2C(=O)N1c1ccc(OS(=O)(=O)c2ccc3ccccc3c2)cc1. The highest BCUT2D eigenvalue weighted by atomic mass is 32.2. The van der Waals surface area contributed by atoms with Gasteiger partial charge >= 0.3 is 10.1 Å². The van der Waals surface area contributed by atoms with Gasteiger partial charge in [-0.25, -0.2) is 0 Å². The predicted octanol–water partition coefficient (Wildman–Crippen LogP) is 4.14. The van der Waals surface area contributed by atoms with E-state index in [1.165, 1.54) is 23.1 Å². The Bertz CT molecular complexity index is 1340. The summed E-state index contributed by atoms with van der Waals surface area (Å²) in [4.78, 5) is 27.3. The van der Waals surface area contributed by atoms with Gasteiger partial charge < -0.3 is 4.18 Å². The van der Waals surface area contributed by atoms with E-state index in [-0.39, 0.29) is 34.3 Å². The van der Waals surface area contributed by atoms with Crippen LogP contribution < -0.4 is 9.08 Å². The Morgan fingerprint density at radius 3 is 2.06 bits per heavy atom. The van der Waals surface area contributed by atoms with E-state index in [2.05, 4.69) is 0 Å². The third kappa shape index (κ3) is 2.88. The van der Waals surface area contributed by atoms with Crippen molar-refractivity contribution in [1.82, 2.24) is 0 Å². The van der Waals surface area contributed by atoms with Crippen LogP contribution in [0.25, 0.3) is 10.8 Å². The summed E-state index contributed by atoms with van der Waals surface area (Å²) < 4.78 is 30.8. The van der Waals surface area contributed by atoms with Gasteiger partial charge in [0.15, 0.2) is 0 Å². The highest BCUT2D eigenvalue weighted by molar-refractivity contribution is 7.87. The third-order valence-corrected chi connectivity index (χ3v) is 8.48. The summed E-state index contributed by atoms with van der Waals surface area (Å²) in [5, 5.41) is 1.74. The van der Waals surface area contributed by atoms with Crippen molar-refractivity contribution in [2.45, 2.75) is 24.2 Å². The molecular weight excluding hydrogens is 426 g/mol. The third-order valence-electron chi connectivity index (χ3n) is 7.24. The molecule has 4 atom stereocenters. The van der Waals surface area contributed by atoms with Gasteiger partial charge in [-0.1, -0.05) is 30.3 Å².